The van der Waals surface area contributed by atoms with Gasteiger partial charge in [0, 0.05) is 43.5 Å². The number of hydrogen-bond acceptors (Lipinski definition) is 3. The Balaban J connectivity index is 1.40. The first kappa shape index (κ1) is 18.5. The van der Waals surface area contributed by atoms with Crippen LogP contribution in [0.5, 0.6) is 0 Å². The number of carbonyl (C=O) groups is 1. The molecule has 0 unspecified atom stereocenters. The van der Waals surface area contributed by atoms with Crippen molar-refractivity contribution in [2.75, 3.05) is 13.1 Å². The summed E-state index contributed by atoms with van der Waals surface area (Å²) in [5, 5.41) is 3.30. The smallest absolute Gasteiger partial charge is 0.222 e. The van der Waals surface area contributed by atoms with Gasteiger partial charge >= 0.3 is 0 Å². The van der Waals surface area contributed by atoms with Crippen molar-refractivity contribution >= 4 is 5.91 Å². The molecule has 1 aliphatic heterocycles. The molecule has 1 amide bonds. The summed E-state index contributed by atoms with van der Waals surface area (Å²) in [5.41, 5.74) is 1.94. The van der Waals surface area contributed by atoms with E-state index < -0.39 is 0 Å². The second kappa shape index (κ2) is 9.43. The number of nitrogens with zero attached hydrogens (tertiary/aromatic N) is 2. The molecule has 138 valence electrons. The number of carbonyl (C=O) groups excluding carboxylic acids is 1. The number of aryl methyl sites for hydroxylation is 1. The number of likely N-dealkylation sites (tertiary alicyclic amines) is 1. The van der Waals surface area contributed by atoms with Crippen molar-refractivity contribution in [1.82, 2.24) is 15.2 Å². The molecule has 0 spiro atoms. The minimum atomic E-state index is -0.172. The molecular weight excluding hydrogens is 329 g/mol. The van der Waals surface area contributed by atoms with Crippen LogP contribution in [0.2, 0.25) is 0 Å². The average Bonchev–Trinajstić information content (AvgIpc) is 3.01. The Kier molecular flexibility index (Phi) is 6.72. The van der Waals surface area contributed by atoms with Crippen molar-refractivity contribution in [3.63, 3.8) is 0 Å². The normalized spacial score (nSPS) is 17.0. The molecule has 2 heterocycles. The molecule has 1 N–H and O–H groups in total. The molecule has 1 saturated heterocycles. The number of nitrogens with one attached hydrogen (secondary N) is 1. The van der Waals surface area contributed by atoms with Crippen LogP contribution in [0.15, 0.2) is 48.8 Å². The van der Waals surface area contributed by atoms with E-state index in [9.17, 15) is 9.18 Å². The van der Waals surface area contributed by atoms with Crippen LogP contribution < -0.4 is 5.32 Å². The van der Waals surface area contributed by atoms with Gasteiger partial charge in [0.2, 0.25) is 5.91 Å². The monoisotopic (exact) mass is 355 g/mol. The van der Waals surface area contributed by atoms with Gasteiger partial charge in [0.25, 0.3) is 0 Å². The van der Waals surface area contributed by atoms with Gasteiger partial charge in [0.15, 0.2) is 0 Å². The molecule has 3 rings (SSSR count). The Labute approximate surface area is 154 Å². The molecule has 26 heavy (non-hydrogen) atoms. The van der Waals surface area contributed by atoms with Crippen LogP contribution >= 0.6 is 0 Å². The third kappa shape index (κ3) is 5.11. The van der Waals surface area contributed by atoms with Gasteiger partial charge in [-0.25, -0.2) is 4.39 Å². The van der Waals surface area contributed by atoms with Crippen LogP contribution in [-0.2, 0) is 17.8 Å². The van der Waals surface area contributed by atoms with E-state index in [2.05, 4.69) is 10.3 Å². The number of amides is 1. The first-order valence-electron chi connectivity index (χ1n) is 9.36. The molecule has 5 heteroatoms. The van der Waals surface area contributed by atoms with Gasteiger partial charge in [-0.3, -0.25) is 9.78 Å². The fourth-order valence-corrected chi connectivity index (χ4v) is 3.54. The van der Waals surface area contributed by atoms with Crippen molar-refractivity contribution in [2.45, 2.75) is 44.7 Å². The molecule has 0 saturated carbocycles. The second-order valence-electron chi connectivity index (χ2n) is 6.80. The zero-order chi connectivity index (χ0) is 18.2. The molecule has 1 aliphatic rings. The first-order chi connectivity index (χ1) is 12.7. The quantitative estimate of drug-likeness (QED) is 0.702. The summed E-state index contributed by atoms with van der Waals surface area (Å²) >= 11 is 0. The van der Waals surface area contributed by atoms with E-state index in [1.165, 1.54) is 11.6 Å². The van der Waals surface area contributed by atoms with Crippen LogP contribution in [0.1, 0.15) is 36.8 Å². The van der Waals surface area contributed by atoms with Crippen molar-refractivity contribution in [3.8, 4) is 0 Å². The zero-order valence-corrected chi connectivity index (χ0v) is 15.0. The SMILES string of the molecule is O=C1CC[C@@H](CCNCc2ccccc2F)N1CCCc1ccncc1. The van der Waals surface area contributed by atoms with Crippen LogP contribution in [0.4, 0.5) is 4.39 Å². The van der Waals surface area contributed by atoms with Gasteiger partial charge in [-0.15, -0.1) is 0 Å². The predicted molar refractivity (Wildman–Crippen MR) is 100 cm³/mol. The van der Waals surface area contributed by atoms with E-state index >= 15 is 0 Å². The number of halogens is 1. The van der Waals surface area contributed by atoms with E-state index in [1.807, 2.05) is 23.1 Å². The highest BCUT2D eigenvalue weighted by Gasteiger charge is 2.29. The van der Waals surface area contributed by atoms with Crippen LogP contribution in [0.25, 0.3) is 0 Å². The molecule has 1 aromatic carbocycles. The largest absolute Gasteiger partial charge is 0.340 e. The maximum absolute atomic E-state index is 13.6. The maximum atomic E-state index is 13.6. The Morgan fingerprint density at radius 3 is 2.81 bits per heavy atom. The Morgan fingerprint density at radius 1 is 1.19 bits per heavy atom. The lowest BCUT2D eigenvalue weighted by molar-refractivity contribution is -0.129. The summed E-state index contributed by atoms with van der Waals surface area (Å²) < 4.78 is 13.6. The fraction of sp³-hybridized carbons (Fsp3) is 0.429. The van der Waals surface area contributed by atoms with Crippen LogP contribution in [-0.4, -0.2) is 34.9 Å². The van der Waals surface area contributed by atoms with E-state index in [4.69, 9.17) is 0 Å². The highest BCUT2D eigenvalue weighted by molar-refractivity contribution is 5.78. The highest BCUT2D eigenvalue weighted by Crippen LogP contribution is 2.22. The molecule has 2 aromatic rings. The lowest BCUT2D eigenvalue weighted by Gasteiger charge is -2.25. The summed E-state index contributed by atoms with van der Waals surface area (Å²) in [6.07, 6.45) is 8.03. The molecule has 1 atom stereocenters. The minimum Gasteiger partial charge on any atom is -0.340 e. The number of rotatable bonds is 9. The molecule has 0 aliphatic carbocycles. The third-order valence-corrected chi connectivity index (χ3v) is 4.99. The van der Waals surface area contributed by atoms with Crippen molar-refractivity contribution in [1.29, 1.82) is 0 Å². The highest BCUT2D eigenvalue weighted by atomic mass is 19.1. The van der Waals surface area contributed by atoms with Gasteiger partial charge in [0.1, 0.15) is 5.82 Å². The predicted octanol–water partition coefficient (Wildman–Crippen LogP) is 3.32. The van der Waals surface area contributed by atoms with E-state index in [-0.39, 0.29) is 11.7 Å². The summed E-state index contributed by atoms with van der Waals surface area (Å²) in [5.74, 6) is 0.0904. The van der Waals surface area contributed by atoms with Crippen LogP contribution in [0, 0.1) is 5.82 Å². The molecule has 0 bridgehead atoms. The third-order valence-electron chi connectivity index (χ3n) is 4.99. The van der Waals surface area contributed by atoms with E-state index in [1.54, 1.807) is 24.5 Å². The van der Waals surface area contributed by atoms with E-state index in [0.29, 0.717) is 24.6 Å². The zero-order valence-electron chi connectivity index (χ0n) is 15.0. The molecule has 4 nitrogen and oxygen atoms in total. The van der Waals surface area contributed by atoms with Crippen LogP contribution in [0.3, 0.4) is 0 Å². The Bertz CT molecular complexity index is 707. The summed E-state index contributed by atoms with van der Waals surface area (Å²) in [7, 11) is 0. The second-order valence-corrected chi connectivity index (χ2v) is 6.80. The number of pyridine rings is 1. The van der Waals surface area contributed by atoms with Gasteiger partial charge in [0.05, 0.1) is 0 Å². The molecule has 0 radical (unpaired) electrons. The Morgan fingerprint density at radius 2 is 2.00 bits per heavy atom. The standard InChI is InChI=1S/C21H26FN3O/c22-20-6-2-1-5-18(20)16-24-14-11-19-7-8-21(26)25(19)15-3-4-17-9-12-23-13-10-17/h1-2,5-6,9-10,12-13,19,24H,3-4,7-8,11,14-16H2/t19-/m0/s1. The molecule has 1 fully saturated rings. The first-order valence-corrected chi connectivity index (χ1v) is 9.36. The lowest BCUT2D eigenvalue weighted by Crippen LogP contribution is -2.36. The van der Waals surface area contributed by atoms with Gasteiger partial charge in [-0.05, 0) is 56.0 Å². The van der Waals surface area contributed by atoms with Gasteiger partial charge in [-0.1, -0.05) is 18.2 Å². The van der Waals surface area contributed by atoms with Gasteiger partial charge in [-0.2, -0.15) is 0 Å². The number of aromatic nitrogens is 1. The van der Waals surface area contributed by atoms with Crippen molar-refractivity contribution < 1.29 is 9.18 Å². The minimum absolute atomic E-state index is 0.172. The topological polar surface area (TPSA) is 45.2 Å². The average molecular weight is 355 g/mol. The summed E-state index contributed by atoms with van der Waals surface area (Å²) in [6, 6.07) is 11.2. The molecule has 1 aromatic heterocycles. The fourth-order valence-electron chi connectivity index (χ4n) is 3.54. The van der Waals surface area contributed by atoms with Crippen molar-refractivity contribution in [3.05, 3.63) is 65.7 Å². The van der Waals surface area contributed by atoms with Gasteiger partial charge < -0.3 is 10.2 Å². The number of hydrogen-bond donors (Lipinski definition) is 1. The van der Waals surface area contributed by atoms with E-state index in [0.717, 1.165) is 38.8 Å². The molecular formula is C21H26FN3O. The van der Waals surface area contributed by atoms with Crippen molar-refractivity contribution in [2.24, 2.45) is 0 Å². The lowest BCUT2D eigenvalue weighted by atomic mass is 10.1. The summed E-state index contributed by atoms with van der Waals surface area (Å²) in [6.45, 7) is 2.11. The summed E-state index contributed by atoms with van der Waals surface area (Å²) in [4.78, 5) is 18.2. The number of benzene rings is 1. The Hall–Kier alpha value is -2.27. The maximum Gasteiger partial charge on any atom is 0.222 e.